The van der Waals surface area contributed by atoms with E-state index in [1.807, 2.05) is 0 Å². The van der Waals surface area contributed by atoms with Crippen molar-refractivity contribution in [1.29, 1.82) is 0 Å². The van der Waals surface area contributed by atoms with Gasteiger partial charge in [0.15, 0.2) is 0 Å². The largest absolute Gasteiger partial charge is 0.459 e. The summed E-state index contributed by atoms with van der Waals surface area (Å²) in [6.45, 7) is -0.993. The van der Waals surface area contributed by atoms with Crippen LogP contribution in [0.1, 0.15) is 16.7 Å². The second kappa shape index (κ2) is 13.9. The molecule has 0 spiro atoms. The summed E-state index contributed by atoms with van der Waals surface area (Å²) in [5.74, 6) is -3.47. The van der Waals surface area contributed by atoms with E-state index in [1.54, 1.807) is 91.0 Å². The minimum atomic E-state index is -3.98. The number of likely N-dealkylation sites (tertiary alicyclic amines) is 1. The highest BCUT2D eigenvalue weighted by Crippen LogP contribution is 2.27. The molecule has 12 heteroatoms. The van der Waals surface area contributed by atoms with Gasteiger partial charge in [0, 0.05) is 0 Å². The van der Waals surface area contributed by atoms with E-state index >= 15 is 0 Å². The molecule has 1 aliphatic rings. The predicted octanol–water partition coefficient (Wildman–Crippen LogP) is 1.76. The third-order valence-electron chi connectivity index (χ3n) is 6.41. The zero-order valence-corrected chi connectivity index (χ0v) is 23.6. The topological polar surface area (TPSA) is 145 Å². The molecule has 0 aromatic heterocycles. The van der Waals surface area contributed by atoms with Gasteiger partial charge >= 0.3 is 11.9 Å². The zero-order chi connectivity index (χ0) is 30.1. The maximum Gasteiger partial charge on any atom is 0.341 e. The zero-order valence-electron chi connectivity index (χ0n) is 22.8. The molecule has 1 fully saturated rings. The average Bonchev–Trinajstić information content (AvgIpc) is 2.98. The highest BCUT2D eigenvalue weighted by molar-refractivity contribution is 7.85. The van der Waals surface area contributed by atoms with Gasteiger partial charge in [-0.05, 0) is 16.7 Å². The number of ether oxygens (including phenoxy) is 2. The van der Waals surface area contributed by atoms with Crippen LogP contribution in [0.4, 0.5) is 0 Å². The highest BCUT2D eigenvalue weighted by Gasteiger charge is 2.56. The molecule has 1 heterocycles. The smallest absolute Gasteiger partial charge is 0.341 e. The summed E-state index contributed by atoms with van der Waals surface area (Å²) < 4.78 is 39.3. The Balaban J connectivity index is 1.55. The molecule has 42 heavy (non-hydrogen) atoms. The van der Waals surface area contributed by atoms with E-state index < -0.39 is 58.6 Å². The van der Waals surface area contributed by atoms with Crippen LogP contribution < -0.4 is 5.32 Å². The lowest BCUT2D eigenvalue weighted by atomic mass is 9.92. The Morgan fingerprint density at radius 1 is 0.786 bits per heavy atom. The first-order chi connectivity index (χ1) is 20.1. The van der Waals surface area contributed by atoms with Gasteiger partial charge in [0.05, 0.1) is 25.3 Å². The van der Waals surface area contributed by atoms with Crippen LogP contribution in [-0.4, -0.2) is 68.1 Å². The van der Waals surface area contributed by atoms with Gasteiger partial charge in [0.25, 0.3) is 10.1 Å². The number of nitrogens with one attached hydrogen (secondary N) is 1. The standard InChI is InChI=1S/C30H30N2O9S/c1-42(37,38)41-20-24-26(31-25(33)17-21-11-5-2-6-12-21)28(34)32(24)27(29(35)39-18-22-13-7-3-8-14-22)30(36)40-19-23-15-9-4-10-16-23/h2-16,24,26-27H,17-20H2,1H3,(H,31,33)/t24-,26+/m1/s1. The van der Waals surface area contributed by atoms with E-state index in [-0.39, 0.29) is 19.6 Å². The fourth-order valence-electron chi connectivity index (χ4n) is 4.36. The Hall–Kier alpha value is -4.55. The first kappa shape index (κ1) is 30.4. The average molecular weight is 595 g/mol. The Bertz CT molecular complexity index is 1440. The SMILES string of the molecule is CS(=O)(=O)OC[C@@H]1[C@H](NC(=O)Cc2ccccc2)C(=O)N1C(C(=O)OCc1ccccc1)C(=O)OCc1ccccc1. The molecule has 1 saturated heterocycles. The van der Waals surface area contributed by atoms with Crippen LogP contribution in [0, 0.1) is 0 Å². The molecular formula is C30H30N2O9S. The number of esters is 2. The lowest BCUT2D eigenvalue weighted by Gasteiger charge is -2.48. The maximum absolute atomic E-state index is 13.4. The molecule has 3 aromatic rings. The lowest BCUT2D eigenvalue weighted by molar-refractivity contribution is -0.181. The van der Waals surface area contributed by atoms with Crippen LogP contribution in [0.25, 0.3) is 0 Å². The first-order valence-corrected chi connectivity index (χ1v) is 14.8. The molecule has 11 nitrogen and oxygen atoms in total. The molecule has 3 aromatic carbocycles. The molecule has 2 atom stereocenters. The number of rotatable bonds is 13. The van der Waals surface area contributed by atoms with E-state index in [9.17, 15) is 27.6 Å². The highest BCUT2D eigenvalue weighted by atomic mass is 32.2. The maximum atomic E-state index is 13.4. The van der Waals surface area contributed by atoms with Gasteiger partial charge in [-0.15, -0.1) is 0 Å². The third kappa shape index (κ3) is 8.24. The number of benzene rings is 3. The van der Waals surface area contributed by atoms with Gasteiger partial charge in [-0.25, -0.2) is 9.59 Å². The lowest BCUT2D eigenvalue weighted by Crippen LogP contribution is -2.76. The second-order valence-electron chi connectivity index (χ2n) is 9.60. The van der Waals surface area contributed by atoms with Gasteiger partial charge in [-0.2, -0.15) is 8.42 Å². The molecule has 0 saturated carbocycles. The summed E-state index contributed by atoms with van der Waals surface area (Å²) >= 11 is 0. The number of nitrogens with zero attached hydrogens (tertiary/aromatic N) is 1. The number of carbonyl (C=O) groups excluding carboxylic acids is 4. The molecule has 4 rings (SSSR count). The summed E-state index contributed by atoms with van der Waals surface area (Å²) in [5.41, 5.74) is 1.97. The Labute approximate surface area is 243 Å². The fraction of sp³-hybridized carbons (Fsp3) is 0.267. The molecule has 2 amide bonds. The number of β-lactam (4-membered cyclic amide) rings is 1. The van der Waals surface area contributed by atoms with Gasteiger partial charge in [-0.3, -0.25) is 13.8 Å². The van der Waals surface area contributed by atoms with Gasteiger partial charge in [0.1, 0.15) is 19.3 Å². The number of amides is 2. The number of carbonyl (C=O) groups is 4. The van der Waals surface area contributed by atoms with E-state index in [0.29, 0.717) is 16.7 Å². The van der Waals surface area contributed by atoms with Crippen molar-refractivity contribution in [3.05, 3.63) is 108 Å². The molecule has 220 valence electrons. The van der Waals surface area contributed by atoms with Crippen molar-refractivity contribution in [2.75, 3.05) is 12.9 Å². The summed E-state index contributed by atoms with van der Waals surface area (Å²) in [7, 11) is -3.98. The van der Waals surface area contributed by atoms with E-state index in [0.717, 1.165) is 11.2 Å². The normalized spacial score (nSPS) is 16.4. The molecular weight excluding hydrogens is 564 g/mol. The third-order valence-corrected chi connectivity index (χ3v) is 6.98. The summed E-state index contributed by atoms with van der Waals surface area (Å²) in [4.78, 5) is 53.6. The van der Waals surface area contributed by atoms with Gasteiger partial charge in [-0.1, -0.05) is 91.0 Å². The molecule has 0 aliphatic carbocycles. The number of hydrogen-bond donors (Lipinski definition) is 1. The summed E-state index contributed by atoms with van der Waals surface area (Å²) in [6.07, 6.45) is 0.770. The van der Waals surface area contributed by atoms with Crippen LogP contribution in [0.2, 0.25) is 0 Å². The Morgan fingerprint density at radius 3 is 1.69 bits per heavy atom. The summed E-state index contributed by atoms with van der Waals surface area (Å²) in [5, 5.41) is 2.57. The van der Waals surface area contributed by atoms with Gasteiger partial charge < -0.3 is 19.7 Å². The summed E-state index contributed by atoms with van der Waals surface area (Å²) in [6, 6.07) is 21.9. The van der Waals surface area contributed by atoms with Crippen molar-refractivity contribution in [2.24, 2.45) is 0 Å². The molecule has 0 radical (unpaired) electrons. The number of hydrogen-bond acceptors (Lipinski definition) is 9. The molecule has 1 N–H and O–H groups in total. The van der Waals surface area contributed by atoms with Crippen molar-refractivity contribution in [2.45, 2.75) is 37.8 Å². The van der Waals surface area contributed by atoms with E-state index in [2.05, 4.69) is 5.32 Å². The van der Waals surface area contributed by atoms with Crippen LogP contribution in [-0.2, 0) is 62.6 Å². The van der Waals surface area contributed by atoms with Crippen LogP contribution >= 0.6 is 0 Å². The quantitative estimate of drug-likeness (QED) is 0.135. The van der Waals surface area contributed by atoms with Crippen LogP contribution in [0.15, 0.2) is 91.0 Å². The van der Waals surface area contributed by atoms with E-state index in [1.165, 1.54) is 0 Å². The van der Waals surface area contributed by atoms with Crippen molar-refractivity contribution in [3.63, 3.8) is 0 Å². The minimum absolute atomic E-state index is 0.0497. The Kier molecular flexibility index (Phi) is 10.0. The van der Waals surface area contributed by atoms with E-state index in [4.69, 9.17) is 13.7 Å². The molecule has 0 unspecified atom stereocenters. The Morgan fingerprint density at radius 2 is 1.24 bits per heavy atom. The minimum Gasteiger partial charge on any atom is -0.459 e. The van der Waals surface area contributed by atoms with Crippen molar-refractivity contribution >= 4 is 33.9 Å². The van der Waals surface area contributed by atoms with Crippen LogP contribution in [0.5, 0.6) is 0 Å². The molecule has 0 bridgehead atoms. The van der Waals surface area contributed by atoms with Crippen molar-refractivity contribution in [1.82, 2.24) is 10.2 Å². The van der Waals surface area contributed by atoms with Gasteiger partial charge in [0.2, 0.25) is 17.9 Å². The van der Waals surface area contributed by atoms with Crippen molar-refractivity contribution < 1.29 is 41.3 Å². The van der Waals surface area contributed by atoms with Crippen LogP contribution in [0.3, 0.4) is 0 Å². The molecule has 1 aliphatic heterocycles. The second-order valence-corrected chi connectivity index (χ2v) is 11.2. The first-order valence-electron chi connectivity index (χ1n) is 13.0. The monoisotopic (exact) mass is 594 g/mol. The fourth-order valence-corrected chi connectivity index (χ4v) is 4.74. The predicted molar refractivity (Wildman–Crippen MR) is 150 cm³/mol. The van der Waals surface area contributed by atoms with Crippen molar-refractivity contribution in [3.8, 4) is 0 Å².